The summed E-state index contributed by atoms with van der Waals surface area (Å²) in [6, 6.07) is 15.1. The molecule has 0 saturated heterocycles. The number of halogens is 1. The number of nitrogens with one attached hydrogen (secondary N) is 1. The topological polar surface area (TPSA) is 146 Å². The lowest BCUT2D eigenvalue weighted by molar-refractivity contribution is -0.0177. The van der Waals surface area contributed by atoms with Gasteiger partial charge in [0, 0.05) is 37.8 Å². The van der Waals surface area contributed by atoms with Gasteiger partial charge in [0.2, 0.25) is 0 Å². The third-order valence-electron chi connectivity index (χ3n) is 8.57. The van der Waals surface area contributed by atoms with E-state index in [2.05, 4.69) is 9.62 Å². The summed E-state index contributed by atoms with van der Waals surface area (Å²) >= 11 is 0. The summed E-state index contributed by atoms with van der Waals surface area (Å²) in [5.41, 5.74) is 1.42. The Kier molecular flexibility index (Phi) is 13.2. The zero-order valence-corrected chi connectivity index (χ0v) is 29.2. The van der Waals surface area contributed by atoms with Gasteiger partial charge in [-0.1, -0.05) is 19.1 Å². The maximum absolute atomic E-state index is 14.4. The Morgan fingerprint density at radius 2 is 1.78 bits per heavy atom. The number of sulfonamides is 1. The van der Waals surface area contributed by atoms with Gasteiger partial charge < -0.3 is 24.6 Å². The Morgan fingerprint density at radius 1 is 1.08 bits per heavy atom. The van der Waals surface area contributed by atoms with E-state index in [1.165, 1.54) is 12.1 Å². The molecule has 1 aliphatic rings. The van der Waals surface area contributed by atoms with Gasteiger partial charge in [-0.15, -0.1) is 0 Å². The average Bonchev–Trinajstić information content (AvgIpc) is 3.06. The third-order valence-corrected chi connectivity index (χ3v) is 9.97. The van der Waals surface area contributed by atoms with Crippen LogP contribution in [0, 0.1) is 11.7 Å². The Bertz CT molecular complexity index is 1670. The molecule has 0 saturated carbocycles. The van der Waals surface area contributed by atoms with Gasteiger partial charge >= 0.3 is 5.97 Å². The molecule has 1 amide bonds. The molecule has 266 valence electrons. The second kappa shape index (κ2) is 17.1. The highest BCUT2D eigenvalue weighted by Gasteiger charge is 2.31. The maximum atomic E-state index is 14.4. The quantitative estimate of drug-likeness (QED) is 0.258. The van der Waals surface area contributed by atoms with Crippen LogP contribution in [-0.2, 0) is 21.3 Å². The molecule has 49 heavy (non-hydrogen) atoms. The van der Waals surface area contributed by atoms with Crippen molar-refractivity contribution in [1.29, 1.82) is 0 Å². The van der Waals surface area contributed by atoms with Crippen molar-refractivity contribution in [2.75, 3.05) is 38.1 Å². The van der Waals surface area contributed by atoms with Crippen LogP contribution in [0.5, 0.6) is 5.75 Å². The van der Waals surface area contributed by atoms with Crippen LogP contribution in [0.2, 0.25) is 0 Å². The number of likely N-dealkylation sites (N-methyl/N-ethyl adjacent to an activating group) is 1. The zero-order chi connectivity index (χ0) is 35.7. The van der Waals surface area contributed by atoms with Crippen LogP contribution in [0.15, 0.2) is 71.6 Å². The van der Waals surface area contributed by atoms with Crippen molar-refractivity contribution in [2.45, 2.75) is 69.7 Å². The Labute approximate surface area is 287 Å². The lowest BCUT2D eigenvalue weighted by Crippen LogP contribution is -2.47. The number of hydrogen-bond donors (Lipinski definition) is 3. The number of anilines is 1. The summed E-state index contributed by atoms with van der Waals surface area (Å²) < 4.78 is 54.8. The number of benzene rings is 3. The number of rotatable bonds is 10. The lowest BCUT2D eigenvalue weighted by atomic mass is 10.0. The first-order chi connectivity index (χ1) is 23.3. The Morgan fingerprint density at radius 3 is 2.43 bits per heavy atom. The lowest BCUT2D eigenvalue weighted by Gasteiger charge is -2.36. The highest BCUT2D eigenvalue weighted by Crippen LogP contribution is 2.29. The van der Waals surface area contributed by atoms with E-state index in [9.17, 15) is 32.6 Å². The molecule has 0 spiro atoms. The van der Waals surface area contributed by atoms with Crippen molar-refractivity contribution in [3.05, 3.63) is 89.2 Å². The molecular formula is C36H46FN3O8S. The number of carboxylic acids is 1. The van der Waals surface area contributed by atoms with E-state index in [-0.39, 0.29) is 53.0 Å². The number of aliphatic hydroxyl groups is 1. The smallest absolute Gasteiger partial charge is 0.335 e. The number of carbonyl (C=O) groups excluding carboxylic acids is 1. The number of fused-ring (bicyclic) bond motifs is 1. The molecule has 3 N–H and O–H groups in total. The fraction of sp³-hybridized carbons (Fsp3) is 0.444. The molecular weight excluding hydrogens is 653 g/mol. The molecule has 13 heteroatoms. The zero-order valence-electron chi connectivity index (χ0n) is 28.3. The predicted octanol–water partition coefficient (Wildman–Crippen LogP) is 5.25. The van der Waals surface area contributed by atoms with Crippen LogP contribution in [-0.4, -0.2) is 91.9 Å². The van der Waals surface area contributed by atoms with Crippen LogP contribution in [0.1, 0.15) is 66.3 Å². The molecule has 11 nitrogen and oxygen atoms in total. The molecule has 0 radical (unpaired) electrons. The minimum atomic E-state index is -4.09. The molecule has 0 fully saturated rings. The van der Waals surface area contributed by atoms with Crippen LogP contribution in [0.4, 0.5) is 10.1 Å². The molecule has 3 aromatic carbocycles. The highest BCUT2D eigenvalue weighted by atomic mass is 32.2. The van der Waals surface area contributed by atoms with Crippen molar-refractivity contribution in [3.63, 3.8) is 0 Å². The second-order valence-electron chi connectivity index (χ2n) is 12.8. The first-order valence-corrected chi connectivity index (χ1v) is 17.9. The van der Waals surface area contributed by atoms with Crippen LogP contribution >= 0.6 is 0 Å². The first kappa shape index (κ1) is 37.8. The van der Waals surface area contributed by atoms with Crippen molar-refractivity contribution >= 4 is 27.6 Å². The van der Waals surface area contributed by atoms with Gasteiger partial charge in [-0.05, 0) is 100 Å². The van der Waals surface area contributed by atoms with Gasteiger partial charge in [-0.3, -0.25) is 14.4 Å². The molecule has 1 heterocycles. The number of amides is 1. The van der Waals surface area contributed by atoms with E-state index in [1.807, 2.05) is 20.9 Å². The summed E-state index contributed by atoms with van der Waals surface area (Å²) in [5.74, 6) is -1.88. The van der Waals surface area contributed by atoms with Crippen LogP contribution in [0.25, 0.3) is 0 Å². The minimum Gasteiger partial charge on any atom is -0.490 e. The summed E-state index contributed by atoms with van der Waals surface area (Å²) in [5, 5.41) is 19.4. The van der Waals surface area contributed by atoms with E-state index >= 15 is 0 Å². The fourth-order valence-corrected chi connectivity index (χ4v) is 6.76. The second-order valence-corrected chi connectivity index (χ2v) is 14.5. The molecule has 4 atom stereocenters. The van der Waals surface area contributed by atoms with Crippen molar-refractivity contribution in [3.8, 4) is 5.75 Å². The van der Waals surface area contributed by atoms with Gasteiger partial charge in [0.25, 0.3) is 15.9 Å². The SMILES string of the molecule is C[C@H](CO)N1C[C@H](C)[C@H](CN(C)Cc2ccc(C(=O)O)cc2)OCCCC[C@H](C)Oc2ccc(NS(=O)(=O)c3ccc(F)cc3)cc2C1=O. The standard InChI is InChI=1S/C36H46FN3O8S/c1-24-20-40(25(2)23-41)35(42)32-19-30(38-49(45,46)31-15-12-29(37)13-16-31)14-17-33(32)48-26(3)7-5-6-18-47-34(24)22-39(4)21-27-8-10-28(11-9-27)36(43)44/h8-17,19,24-26,34,38,41H,5-7,18,20-23H2,1-4H3,(H,43,44)/t24-,25+,26-,34-/m0/s1. The molecule has 3 aromatic rings. The van der Waals surface area contributed by atoms with Gasteiger partial charge in [0.05, 0.1) is 40.9 Å². The third kappa shape index (κ3) is 10.5. The van der Waals surface area contributed by atoms with Gasteiger partial charge in [-0.25, -0.2) is 17.6 Å². The summed E-state index contributed by atoms with van der Waals surface area (Å²) in [7, 11) is -2.14. The van der Waals surface area contributed by atoms with Crippen LogP contribution in [0.3, 0.4) is 0 Å². The van der Waals surface area contributed by atoms with E-state index in [1.54, 1.807) is 42.2 Å². The van der Waals surface area contributed by atoms with Crippen molar-refractivity contribution < 1.29 is 42.1 Å². The molecule has 0 aliphatic carbocycles. The number of carbonyl (C=O) groups is 2. The van der Waals surface area contributed by atoms with E-state index in [0.29, 0.717) is 31.9 Å². The summed E-state index contributed by atoms with van der Waals surface area (Å²) in [6.07, 6.45) is 1.77. The maximum Gasteiger partial charge on any atom is 0.335 e. The van der Waals surface area contributed by atoms with Crippen molar-refractivity contribution in [1.82, 2.24) is 9.80 Å². The monoisotopic (exact) mass is 699 g/mol. The van der Waals surface area contributed by atoms with E-state index < -0.39 is 33.8 Å². The highest BCUT2D eigenvalue weighted by molar-refractivity contribution is 7.92. The Balaban J connectivity index is 1.62. The fourth-order valence-electron chi connectivity index (χ4n) is 5.71. The largest absolute Gasteiger partial charge is 0.490 e. The number of nitrogens with zero attached hydrogens (tertiary/aromatic N) is 2. The summed E-state index contributed by atoms with van der Waals surface area (Å²) in [4.78, 5) is 29.1. The number of aliphatic hydroxyl groups excluding tert-OH is 1. The first-order valence-electron chi connectivity index (χ1n) is 16.4. The molecule has 4 rings (SSSR count). The van der Waals surface area contributed by atoms with E-state index in [0.717, 1.165) is 42.7 Å². The molecule has 0 bridgehead atoms. The number of carboxylic acid groups (broad SMARTS) is 1. The predicted molar refractivity (Wildman–Crippen MR) is 184 cm³/mol. The average molecular weight is 700 g/mol. The van der Waals surface area contributed by atoms with Gasteiger partial charge in [0.1, 0.15) is 11.6 Å². The number of ether oxygens (including phenoxy) is 2. The van der Waals surface area contributed by atoms with Crippen molar-refractivity contribution in [2.24, 2.45) is 5.92 Å². The molecule has 1 aliphatic heterocycles. The van der Waals surface area contributed by atoms with Gasteiger partial charge in [-0.2, -0.15) is 0 Å². The number of aromatic carboxylic acids is 1. The normalized spacial score (nSPS) is 20.2. The molecule has 0 aromatic heterocycles. The van der Waals surface area contributed by atoms with Crippen LogP contribution < -0.4 is 9.46 Å². The van der Waals surface area contributed by atoms with Gasteiger partial charge in [0.15, 0.2) is 0 Å². The minimum absolute atomic E-state index is 0.123. The molecule has 0 unspecified atom stereocenters. The number of hydrogen-bond acceptors (Lipinski definition) is 8. The van der Waals surface area contributed by atoms with E-state index in [4.69, 9.17) is 9.47 Å². The summed E-state index contributed by atoms with van der Waals surface area (Å²) in [6.45, 7) is 7.16. The Hall–Kier alpha value is -4.04.